The van der Waals surface area contributed by atoms with E-state index >= 15 is 0 Å². The molecule has 1 N–H and O–H groups in total. The summed E-state index contributed by atoms with van der Waals surface area (Å²) in [6, 6.07) is 0. The molecule has 0 aromatic rings. The van der Waals surface area contributed by atoms with Gasteiger partial charge in [0.2, 0.25) is 0 Å². The topological polar surface area (TPSA) is 63.6 Å². The number of methoxy groups -OCH3 is 1. The second-order valence-corrected chi connectivity index (χ2v) is 4.51. The Balaban J connectivity index is 4.56. The number of aliphatic carboxylic acids is 1. The summed E-state index contributed by atoms with van der Waals surface area (Å²) < 4.78 is 4.76. The van der Waals surface area contributed by atoms with Gasteiger partial charge in [-0.15, -0.1) is 0 Å². The molecule has 0 aliphatic rings. The molecule has 1 unspecified atom stereocenters. The number of carboxylic acids is 1. The molecule has 17 heavy (non-hydrogen) atoms. The summed E-state index contributed by atoms with van der Waals surface area (Å²) in [5, 5.41) is 8.92. The van der Waals surface area contributed by atoms with Crippen LogP contribution in [0.2, 0.25) is 0 Å². The van der Waals surface area contributed by atoms with E-state index < -0.39 is 11.4 Å². The molecule has 0 saturated carbocycles. The number of ether oxygens (including phenoxy) is 1. The zero-order valence-electron chi connectivity index (χ0n) is 11.1. The largest absolute Gasteiger partial charge is 0.481 e. The van der Waals surface area contributed by atoms with E-state index in [-0.39, 0.29) is 12.4 Å². The van der Waals surface area contributed by atoms with Crippen LogP contribution in [-0.4, -0.2) is 24.2 Å². The van der Waals surface area contributed by atoms with Gasteiger partial charge in [0.25, 0.3) is 0 Å². The molecule has 0 saturated heterocycles. The number of rotatable bonds is 9. The van der Waals surface area contributed by atoms with Gasteiger partial charge in [0.05, 0.1) is 18.9 Å². The van der Waals surface area contributed by atoms with Gasteiger partial charge >= 0.3 is 11.9 Å². The third kappa shape index (κ3) is 5.20. The number of carboxylic acid groups (broad SMARTS) is 1. The molecule has 0 heterocycles. The highest BCUT2D eigenvalue weighted by molar-refractivity contribution is 5.82. The van der Waals surface area contributed by atoms with Crippen molar-refractivity contribution in [1.29, 1.82) is 0 Å². The van der Waals surface area contributed by atoms with Gasteiger partial charge in [-0.25, -0.2) is 0 Å². The van der Waals surface area contributed by atoms with Crippen LogP contribution in [0.15, 0.2) is 0 Å². The summed E-state index contributed by atoms with van der Waals surface area (Å²) in [6.07, 6.45) is 5.13. The van der Waals surface area contributed by atoms with Crippen LogP contribution in [-0.2, 0) is 14.3 Å². The van der Waals surface area contributed by atoms with E-state index in [1.807, 2.05) is 6.92 Å². The molecule has 0 aromatic heterocycles. The predicted octanol–water partition coefficient (Wildman–Crippen LogP) is 3.00. The highest BCUT2D eigenvalue weighted by Gasteiger charge is 2.39. The zero-order chi connectivity index (χ0) is 13.3. The molecule has 0 bridgehead atoms. The first-order valence-electron chi connectivity index (χ1n) is 6.32. The third-order valence-electron chi connectivity index (χ3n) is 3.29. The number of carbonyl (C=O) groups is 2. The van der Waals surface area contributed by atoms with E-state index in [1.54, 1.807) is 0 Å². The average Bonchev–Trinajstić information content (AvgIpc) is 2.31. The summed E-state index contributed by atoms with van der Waals surface area (Å²) in [5.41, 5.74) is -0.839. The number of carbonyl (C=O) groups excluding carboxylic acids is 1. The highest BCUT2D eigenvalue weighted by atomic mass is 16.5. The van der Waals surface area contributed by atoms with Crippen molar-refractivity contribution < 1.29 is 19.4 Å². The van der Waals surface area contributed by atoms with Gasteiger partial charge in [-0.1, -0.05) is 39.5 Å². The van der Waals surface area contributed by atoms with Gasteiger partial charge in [0.15, 0.2) is 0 Å². The van der Waals surface area contributed by atoms with E-state index in [0.29, 0.717) is 12.8 Å². The molecular formula is C13H24O4. The highest BCUT2D eigenvalue weighted by Crippen LogP contribution is 2.34. The fraction of sp³-hybridized carbons (Fsp3) is 0.846. The first kappa shape index (κ1) is 15.9. The van der Waals surface area contributed by atoms with Crippen LogP contribution >= 0.6 is 0 Å². The predicted molar refractivity (Wildman–Crippen MR) is 65.8 cm³/mol. The smallest absolute Gasteiger partial charge is 0.312 e. The molecule has 0 rings (SSSR count). The van der Waals surface area contributed by atoms with Crippen LogP contribution in [0.1, 0.15) is 58.8 Å². The van der Waals surface area contributed by atoms with Crippen molar-refractivity contribution in [2.24, 2.45) is 5.41 Å². The molecule has 0 aromatic carbocycles. The molecule has 100 valence electrons. The van der Waals surface area contributed by atoms with Gasteiger partial charge in [-0.2, -0.15) is 0 Å². The molecule has 4 nitrogen and oxygen atoms in total. The Kier molecular flexibility index (Phi) is 7.59. The summed E-state index contributed by atoms with van der Waals surface area (Å²) in [5.74, 6) is -1.33. The minimum atomic E-state index is -0.937. The Labute approximate surface area is 103 Å². The maximum atomic E-state index is 11.8. The van der Waals surface area contributed by atoms with Crippen LogP contribution in [0.25, 0.3) is 0 Å². The number of esters is 1. The van der Waals surface area contributed by atoms with Gasteiger partial charge < -0.3 is 9.84 Å². The Bertz CT molecular complexity index is 250. The van der Waals surface area contributed by atoms with Crippen molar-refractivity contribution in [2.45, 2.75) is 58.8 Å². The first-order valence-corrected chi connectivity index (χ1v) is 6.32. The van der Waals surface area contributed by atoms with Gasteiger partial charge in [0, 0.05) is 0 Å². The van der Waals surface area contributed by atoms with Crippen LogP contribution in [0.5, 0.6) is 0 Å². The first-order chi connectivity index (χ1) is 8.02. The lowest BCUT2D eigenvalue weighted by atomic mass is 9.77. The molecule has 0 aliphatic carbocycles. The van der Waals surface area contributed by atoms with Crippen molar-refractivity contribution in [3.63, 3.8) is 0 Å². The fourth-order valence-corrected chi connectivity index (χ4v) is 2.10. The summed E-state index contributed by atoms with van der Waals surface area (Å²) in [6.45, 7) is 3.96. The SMILES string of the molecule is CCCCCCC(CC)(CC(=O)O)C(=O)OC. The fourth-order valence-electron chi connectivity index (χ4n) is 2.10. The molecule has 0 amide bonds. The van der Waals surface area contributed by atoms with E-state index in [4.69, 9.17) is 9.84 Å². The van der Waals surface area contributed by atoms with Crippen molar-refractivity contribution in [2.75, 3.05) is 7.11 Å². The lowest BCUT2D eigenvalue weighted by Gasteiger charge is -2.28. The van der Waals surface area contributed by atoms with Crippen molar-refractivity contribution in [3.8, 4) is 0 Å². The van der Waals surface area contributed by atoms with E-state index in [9.17, 15) is 9.59 Å². The lowest BCUT2D eigenvalue weighted by molar-refractivity contribution is -0.159. The average molecular weight is 244 g/mol. The normalized spacial score (nSPS) is 14.1. The van der Waals surface area contributed by atoms with E-state index in [2.05, 4.69) is 6.92 Å². The second-order valence-electron chi connectivity index (χ2n) is 4.51. The Morgan fingerprint density at radius 3 is 2.24 bits per heavy atom. The number of hydrogen-bond donors (Lipinski definition) is 1. The monoisotopic (exact) mass is 244 g/mol. The number of hydrogen-bond acceptors (Lipinski definition) is 3. The Hall–Kier alpha value is -1.06. The standard InChI is InChI=1S/C13H24O4/c1-4-6-7-8-9-13(5-2,10-11(14)15)12(16)17-3/h4-10H2,1-3H3,(H,14,15). The molecule has 1 atom stereocenters. The molecule has 0 aliphatic heterocycles. The molecule has 0 spiro atoms. The molecular weight excluding hydrogens is 220 g/mol. The van der Waals surface area contributed by atoms with Crippen molar-refractivity contribution in [3.05, 3.63) is 0 Å². The molecule has 0 fully saturated rings. The van der Waals surface area contributed by atoms with Crippen LogP contribution in [0.4, 0.5) is 0 Å². The van der Waals surface area contributed by atoms with E-state index in [1.165, 1.54) is 7.11 Å². The summed E-state index contributed by atoms with van der Waals surface area (Å²) in [7, 11) is 1.32. The van der Waals surface area contributed by atoms with Gasteiger partial charge in [-0.05, 0) is 12.8 Å². The van der Waals surface area contributed by atoms with Crippen LogP contribution < -0.4 is 0 Å². The summed E-state index contributed by atoms with van der Waals surface area (Å²) >= 11 is 0. The van der Waals surface area contributed by atoms with Crippen molar-refractivity contribution >= 4 is 11.9 Å². The molecule has 4 heteroatoms. The molecule has 0 radical (unpaired) electrons. The van der Waals surface area contributed by atoms with E-state index in [0.717, 1.165) is 25.7 Å². The van der Waals surface area contributed by atoms with Gasteiger partial charge in [0.1, 0.15) is 0 Å². The Morgan fingerprint density at radius 2 is 1.82 bits per heavy atom. The number of unbranched alkanes of at least 4 members (excludes halogenated alkanes) is 3. The van der Waals surface area contributed by atoms with Crippen molar-refractivity contribution in [1.82, 2.24) is 0 Å². The lowest BCUT2D eigenvalue weighted by Crippen LogP contribution is -2.34. The summed E-state index contributed by atoms with van der Waals surface area (Å²) in [4.78, 5) is 22.7. The van der Waals surface area contributed by atoms with Crippen LogP contribution in [0, 0.1) is 5.41 Å². The second kappa shape index (κ2) is 8.09. The zero-order valence-corrected chi connectivity index (χ0v) is 11.1. The third-order valence-corrected chi connectivity index (χ3v) is 3.29. The quantitative estimate of drug-likeness (QED) is 0.500. The minimum absolute atomic E-state index is 0.137. The maximum Gasteiger partial charge on any atom is 0.312 e. The van der Waals surface area contributed by atoms with Crippen LogP contribution in [0.3, 0.4) is 0 Å². The Morgan fingerprint density at radius 1 is 1.18 bits per heavy atom. The minimum Gasteiger partial charge on any atom is -0.481 e. The maximum absolute atomic E-state index is 11.8. The van der Waals surface area contributed by atoms with Gasteiger partial charge in [-0.3, -0.25) is 9.59 Å².